The zero-order valence-corrected chi connectivity index (χ0v) is 18.7. The summed E-state index contributed by atoms with van der Waals surface area (Å²) in [5.74, 6) is -0.601. The highest BCUT2D eigenvalue weighted by Crippen LogP contribution is 2.39. The predicted octanol–water partition coefficient (Wildman–Crippen LogP) is 3.59. The highest BCUT2D eigenvalue weighted by molar-refractivity contribution is 7.18. The van der Waals surface area contributed by atoms with E-state index in [1.807, 2.05) is 44.2 Å². The molecule has 3 amide bonds. The van der Waals surface area contributed by atoms with E-state index in [0.717, 1.165) is 15.2 Å². The Labute approximate surface area is 185 Å². The van der Waals surface area contributed by atoms with Gasteiger partial charge in [0.25, 0.3) is 0 Å². The van der Waals surface area contributed by atoms with Crippen molar-refractivity contribution in [3.05, 3.63) is 41.4 Å². The lowest BCUT2D eigenvalue weighted by molar-refractivity contribution is -0.154. The third-order valence-corrected chi connectivity index (χ3v) is 7.88. The van der Waals surface area contributed by atoms with Gasteiger partial charge in [-0.1, -0.05) is 38.1 Å². The van der Waals surface area contributed by atoms with Crippen LogP contribution in [0.3, 0.4) is 0 Å². The fourth-order valence-corrected chi connectivity index (χ4v) is 6.04. The topological polar surface area (TPSA) is 70.6 Å². The van der Waals surface area contributed by atoms with Gasteiger partial charge in [-0.15, -0.1) is 11.3 Å². The molecule has 0 N–H and O–H groups in total. The van der Waals surface area contributed by atoms with Crippen LogP contribution in [0, 0.1) is 17.8 Å². The number of carbonyl (C=O) groups excluding carboxylic acids is 3. The lowest BCUT2D eigenvalue weighted by Crippen LogP contribution is -2.57. The lowest BCUT2D eigenvalue weighted by Gasteiger charge is -2.41. The van der Waals surface area contributed by atoms with E-state index in [0.29, 0.717) is 32.4 Å². The van der Waals surface area contributed by atoms with E-state index in [9.17, 15) is 14.4 Å². The van der Waals surface area contributed by atoms with Gasteiger partial charge in [-0.05, 0) is 37.3 Å². The number of aromatic nitrogens is 1. The number of likely N-dealkylation sites (tertiary alicyclic amines) is 2. The summed E-state index contributed by atoms with van der Waals surface area (Å²) in [5, 5.41) is 1.05. The molecular formula is C24H27N3O3S. The van der Waals surface area contributed by atoms with Gasteiger partial charge >= 0.3 is 0 Å². The van der Waals surface area contributed by atoms with Gasteiger partial charge in [0.15, 0.2) is 0 Å². The summed E-state index contributed by atoms with van der Waals surface area (Å²) in [7, 11) is 0. The molecule has 7 heteroatoms. The van der Waals surface area contributed by atoms with E-state index in [4.69, 9.17) is 4.98 Å². The Morgan fingerprint density at radius 1 is 1.10 bits per heavy atom. The molecule has 0 saturated carbocycles. The molecule has 5 rings (SSSR count). The van der Waals surface area contributed by atoms with E-state index in [2.05, 4.69) is 6.07 Å². The molecule has 3 atom stereocenters. The molecular weight excluding hydrogens is 410 g/mol. The number of hydrogen-bond donors (Lipinski definition) is 0. The van der Waals surface area contributed by atoms with E-state index < -0.39 is 6.04 Å². The predicted molar refractivity (Wildman–Crippen MR) is 119 cm³/mol. The number of nitrogens with zero attached hydrogens (tertiary/aromatic N) is 3. The zero-order chi connectivity index (χ0) is 21.7. The Kier molecular flexibility index (Phi) is 5.16. The molecule has 31 heavy (non-hydrogen) atoms. The lowest BCUT2D eigenvalue weighted by atomic mass is 9.85. The van der Waals surface area contributed by atoms with Crippen LogP contribution in [0.1, 0.15) is 44.0 Å². The summed E-state index contributed by atoms with van der Waals surface area (Å²) in [6.07, 6.45) is 5.65. The van der Waals surface area contributed by atoms with Crippen LogP contribution in [0.2, 0.25) is 0 Å². The molecule has 6 nitrogen and oxygen atoms in total. The number of para-hydroxylation sites is 1. The minimum atomic E-state index is -0.693. The first kappa shape index (κ1) is 20.4. The number of imide groups is 1. The first-order chi connectivity index (χ1) is 14.9. The summed E-state index contributed by atoms with van der Waals surface area (Å²) in [5.41, 5.74) is 0.995. The van der Waals surface area contributed by atoms with Crippen LogP contribution >= 0.6 is 11.3 Å². The van der Waals surface area contributed by atoms with Crippen molar-refractivity contribution in [3.8, 4) is 0 Å². The highest BCUT2D eigenvalue weighted by Gasteiger charge is 2.52. The number of rotatable bonds is 5. The molecule has 1 aromatic heterocycles. The largest absolute Gasteiger partial charge is 0.339 e. The molecule has 2 aromatic rings. The summed E-state index contributed by atoms with van der Waals surface area (Å²) in [6.45, 7) is 5.25. The molecule has 0 spiro atoms. The van der Waals surface area contributed by atoms with Crippen LogP contribution in [0.15, 0.2) is 36.4 Å². The van der Waals surface area contributed by atoms with Crippen molar-refractivity contribution in [2.75, 3.05) is 13.1 Å². The fourth-order valence-electron chi connectivity index (χ4n) is 4.99. The van der Waals surface area contributed by atoms with Crippen LogP contribution in [0.4, 0.5) is 0 Å². The van der Waals surface area contributed by atoms with Crippen LogP contribution in [0.5, 0.6) is 0 Å². The summed E-state index contributed by atoms with van der Waals surface area (Å²) in [6, 6.07) is 7.37. The smallest absolute Gasteiger partial charge is 0.245 e. The third-order valence-electron chi connectivity index (χ3n) is 6.69. The van der Waals surface area contributed by atoms with Crippen molar-refractivity contribution >= 4 is 39.3 Å². The molecule has 2 fully saturated rings. The molecule has 3 aliphatic rings. The first-order valence-electron chi connectivity index (χ1n) is 11.1. The van der Waals surface area contributed by atoms with Gasteiger partial charge in [-0.2, -0.15) is 0 Å². The van der Waals surface area contributed by atoms with Crippen molar-refractivity contribution in [2.45, 2.75) is 45.1 Å². The van der Waals surface area contributed by atoms with Crippen molar-refractivity contribution in [2.24, 2.45) is 17.8 Å². The molecule has 3 heterocycles. The second kappa shape index (κ2) is 7.86. The molecule has 162 valence electrons. The number of hydrogen-bond acceptors (Lipinski definition) is 5. The second-order valence-electron chi connectivity index (χ2n) is 9.31. The maximum atomic E-state index is 13.4. The Morgan fingerprint density at radius 2 is 1.74 bits per heavy atom. The summed E-state index contributed by atoms with van der Waals surface area (Å²) in [4.78, 5) is 47.4. The van der Waals surface area contributed by atoms with Gasteiger partial charge in [0.05, 0.1) is 22.1 Å². The number of allylic oxidation sites excluding steroid dienone is 2. The molecule has 2 aliphatic heterocycles. The molecule has 0 unspecified atom stereocenters. The normalized spacial score (nSPS) is 24.7. The van der Waals surface area contributed by atoms with Crippen LogP contribution in [-0.4, -0.2) is 51.6 Å². The van der Waals surface area contributed by atoms with Crippen molar-refractivity contribution in [1.82, 2.24) is 14.8 Å². The van der Waals surface area contributed by atoms with Crippen molar-refractivity contribution in [3.63, 3.8) is 0 Å². The standard InChI is InChI=1S/C24H27N3O3S/c1-14(2)11-19(27-22(28)16-7-3-4-8-17(16)23(27)29)24(30)26-12-15(13-26)21-25-18-9-5-6-10-20(18)31-21/h3-6,9-10,14-17,19H,7-8,11-13H2,1-2H3/t16-,17-,19+/m0/s1. The number of thiazole rings is 1. The van der Waals surface area contributed by atoms with E-state index >= 15 is 0 Å². The van der Waals surface area contributed by atoms with Crippen LogP contribution < -0.4 is 0 Å². The Bertz CT molecular complexity index is 1010. The molecule has 1 aliphatic carbocycles. The third kappa shape index (κ3) is 3.49. The minimum Gasteiger partial charge on any atom is -0.339 e. The fraction of sp³-hybridized carbons (Fsp3) is 0.500. The van der Waals surface area contributed by atoms with Crippen LogP contribution in [0.25, 0.3) is 10.2 Å². The molecule has 0 bridgehead atoms. The Hall–Kier alpha value is -2.54. The number of benzene rings is 1. The highest BCUT2D eigenvalue weighted by atomic mass is 32.1. The maximum absolute atomic E-state index is 13.4. The quantitative estimate of drug-likeness (QED) is 0.529. The van der Waals surface area contributed by atoms with Crippen LogP contribution in [-0.2, 0) is 14.4 Å². The van der Waals surface area contributed by atoms with Crippen molar-refractivity contribution < 1.29 is 14.4 Å². The van der Waals surface area contributed by atoms with Gasteiger partial charge < -0.3 is 4.90 Å². The maximum Gasteiger partial charge on any atom is 0.245 e. The van der Waals surface area contributed by atoms with Gasteiger partial charge in [0.2, 0.25) is 17.7 Å². The summed E-state index contributed by atoms with van der Waals surface area (Å²) < 4.78 is 1.16. The SMILES string of the molecule is CC(C)C[C@H](C(=O)N1CC(c2nc3ccccc3s2)C1)N1C(=O)[C@H]2CC=CC[C@@H]2C1=O. The number of carbonyl (C=O) groups is 3. The average Bonchev–Trinajstić information content (AvgIpc) is 3.24. The zero-order valence-electron chi connectivity index (χ0n) is 17.9. The minimum absolute atomic E-state index is 0.0978. The van der Waals surface area contributed by atoms with E-state index in [1.165, 1.54) is 4.90 Å². The van der Waals surface area contributed by atoms with Crippen molar-refractivity contribution in [1.29, 1.82) is 0 Å². The number of fused-ring (bicyclic) bond motifs is 2. The average molecular weight is 438 g/mol. The molecule has 1 aromatic carbocycles. The Morgan fingerprint density at radius 3 is 2.35 bits per heavy atom. The Balaban J connectivity index is 1.32. The molecule has 0 radical (unpaired) electrons. The molecule has 2 saturated heterocycles. The number of amides is 3. The second-order valence-corrected chi connectivity index (χ2v) is 10.4. The summed E-state index contributed by atoms with van der Waals surface area (Å²) >= 11 is 1.68. The van der Waals surface area contributed by atoms with Gasteiger partial charge in [-0.3, -0.25) is 19.3 Å². The monoisotopic (exact) mass is 437 g/mol. The van der Waals surface area contributed by atoms with E-state index in [1.54, 1.807) is 16.2 Å². The van der Waals surface area contributed by atoms with Gasteiger partial charge in [0.1, 0.15) is 11.0 Å². The first-order valence-corrected chi connectivity index (χ1v) is 11.9. The van der Waals surface area contributed by atoms with Gasteiger partial charge in [-0.25, -0.2) is 4.98 Å². The van der Waals surface area contributed by atoms with E-state index in [-0.39, 0.29) is 41.4 Å². The van der Waals surface area contributed by atoms with Gasteiger partial charge in [0, 0.05) is 19.0 Å².